The molecule has 0 aliphatic heterocycles. The van der Waals surface area contributed by atoms with Crippen LogP contribution in [0.5, 0.6) is 0 Å². The Morgan fingerprint density at radius 1 is 1.04 bits per heavy atom. The number of likely N-dealkylation sites (N-methyl/N-ethyl adjacent to an activating group) is 1. The van der Waals surface area contributed by atoms with Crippen LogP contribution in [-0.2, 0) is 9.59 Å². The predicted octanol–water partition coefficient (Wildman–Crippen LogP) is 1.49. The molecular formula is C17H26N4O3. The van der Waals surface area contributed by atoms with Gasteiger partial charge in [-0.25, -0.2) is 4.79 Å². The number of carbonyl (C=O) groups is 3. The summed E-state index contributed by atoms with van der Waals surface area (Å²) in [6.45, 7) is 4.53. The lowest BCUT2D eigenvalue weighted by molar-refractivity contribution is -0.122. The molecule has 1 rings (SSSR count). The van der Waals surface area contributed by atoms with Crippen LogP contribution >= 0.6 is 0 Å². The predicted molar refractivity (Wildman–Crippen MR) is 93.8 cm³/mol. The number of hydrogen-bond acceptors (Lipinski definition) is 4. The van der Waals surface area contributed by atoms with Crippen LogP contribution in [0.2, 0.25) is 0 Å². The maximum absolute atomic E-state index is 11.9. The first-order valence-electron chi connectivity index (χ1n) is 8.03. The van der Waals surface area contributed by atoms with Crippen LogP contribution < -0.4 is 16.0 Å². The number of amides is 4. The van der Waals surface area contributed by atoms with Gasteiger partial charge in [-0.2, -0.15) is 0 Å². The van der Waals surface area contributed by atoms with Crippen LogP contribution in [0, 0.1) is 6.92 Å². The number of urea groups is 1. The highest BCUT2D eigenvalue weighted by Gasteiger charge is 2.13. The van der Waals surface area contributed by atoms with Gasteiger partial charge in [-0.3, -0.25) is 19.8 Å². The van der Waals surface area contributed by atoms with E-state index in [0.29, 0.717) is 12.2 Å². The molecule has 0 saturated carbocycles. The van der Waals surface area contributed by atoms with Gasteiger partial charge in [0.05, 0.1) is 13.1 Å². The zero-order chi connectivity index (χ0) is 17.9. The van der Waals surface area contributed by atoms with Crippen LogP contribution in [0.4, 0.5) is 10.5 Å². The van der Waals surface area contributed by atoms with Gasteiger partial charge in [-0.1, -0.05) is 31.0 Å². The molecule has 0 saturated heterocycles. The van der Waals surface area contributed by atoms with E-state index in [0.717, 1.165) is 18.4 Å². The van der Waals surface area contributed by atoms with Gasteiger partial charge in [0.2, 0.25) is 11.8 Å². The number of anilines is 1. The highest BCUT2D eigenvalue weighted by molar-refractivity contribution is 5.96. The molecule has 0 aromatic heterocycles. The molecule has 0 aliphatic rings. The SMILES string of the molecule is CCCCNC(=O)NC(=O)CN(C)CC(=O)Nc1ccc(C)cc1. The molecule has 0 atom stereocenters. The number of carbonyl (C=O) groups excluding carboxylic acids is 3. The molecular weight excluding hydrogens is 308 g/mol. The number of aryl methyl sites for hydroxylation is 1. The summed E-state index contributed by atoms with van der Waals surface area (Å²) in [7, 11) is 1.64. The molecule has 7 heteroatoms. The first-order chi connectivity index (χ1) is 11.4. The highest BCUT2D eigenvalue weighted by Crippen LogP contribution is 2.08. The maximum atomic E-state index is 11.9. The molecule has 0 radical (unpaired) electrons. The second-order valence-electron chi connectivity index (χ2n) is 5.74. The minimum atomic E-state index is -0.508. The van der Waals surface area contributed by atoms with Crippen molar-refractivity contribution in [3.63, 3.8) is 0 Å². The van der Waals surface area contributed by atoms with E-state index in [2.05, 4.69) is 16.0 Å². The van der Waals surface area contributed by atoms with E-state index in [1.807, 2.05) is 38.1 Å². The fourth-order valence-electron chi connectivity index (χ4n) is 1.97. The average molecular weight is 334 g/mol. The second kappa shape index (κ2) is 10.4. The molecule has 0 unspecified atom stereocenters. The molecule has 7 nitrogen and oxygen atoms in total. The van der Waals surface area contributed by atoms with Gasteiger partial charge in [-0.05, 0) is 32.5 Å². The van der Waals surface area contributed by atoms with E-state index >= 15 is 0 Å². The van der Waals surface area contributed by atoms with Crippen molar-refractivity contribution in [3.05, 3.63) is 29.8 Å². The molecule has 1 aromatic carbocycles. The first kappa shape index (κ1) is 19.6. The number of nitrogens with one attached hydrogen (secondary N) is 3. The van der Waals surface area contributed by atoms with E-state index in [1.54, 1.807) is 7.05 Å². The third-order valence-corrected chi connectivity index (χ3v) is 3.23. The molecule has 4 amide bonds. The molecule has 0 heterocycles. The van der Waals surface area contributed by atoms with E-state index < -0.39 is 11.9 Å². The van der Waals surface area contributed by atoms with Gasteiger partial charge >= 0.3 is 6.03 Å². The summed E-state index contributed by atoms with van der Waals surface area (Å²) in [5, 5.41) is 7.59. The number of hydrogen-bond donors (Lipinski definition) is 3. The Balaban J connectivity index is 2.30. The van der Waals surface area contributed by atoms with E-state index in [-0.39, 0.29) is 19.0 Å². The Hall–Kier alpha value is -2.41. The van der Waals surface area contributed by atoms with Crippen molar-refractivity contribution in [1.82, 2.24) is 15.5 Å². The monoisotopic (exact) mass is 334 g/mol. The Labute approximate surface area is 142 Å². The molecule has 0 bridgehead atoms. The molecule has 1 aromatic rings. The van der Waals surface area contributed by atoms with Crippen molar-refractivity contribution in [2.75, 3.05) is 32.0 Å². The number of rotatable bonds is 8. The topological polar surface area (TPSA) is 90.5 Å². The van der Waals surface area contributed by atoms with Gasteiger partial charge < -0.3 is 10.6 Å². The van der Waals surface area contributed by atoms with E-state index in [4.69, 9.17) is 0 Å². The van der Waals surface area contributed by atoms with Crippen LogP contribution in [0.3, 0.4) is 0 Å². The molecule has 3 N–H and O–H groups in total. The lowest BCUT2D eigenvalue weighted by Gasteiger charge is -2.16. The largest absolute Gasteiger partial charge is 0.338 e. The van der Waals surface area contributed by atoms with Crippen LogP contribution in [0.15, 0.2) is 24.3 Å². The van der Waals surface area contributed by atoms with Crippen molar-refractivity contribution < 1.29 is 14.4 Å². The molecule has 132 valence electrons. The maximum Gasteiger partial charge on any atom is 0.321 e. The standard InChI is InChI=1S/C17H26N4O3/c1-4-5-10-18-17(24)20-16(23)12-21(3)11-15(22)19-14-8-6-13(2)7-9-14/h6-9H,4-5,10-12H2,1-3H3,(H,19,22)(H2,18,20,23,24). The third kappa shape index (κ3) is 8.28. The molecule has 0 spiro atoms. The van der Waals surface area contributed by atoms with Crippen molar-refractivity contribution in [1.29, 1.82) is 0 Å². The zero-order valence-electron chi connectivity index (χ0n) is 14.5. The summed E-state index contributed by atoms with van der Waals surface area (Å²) in [5.74, 6) is -0.670. The van der Waals surface area contributed by atoms with Gasteiger partial charge in [0.15, 0.2) is 0 Å². The minimum Gasteiger partial charge on any atom is -0.338 e. The zero-order valence-corrected chi connectivity index (χ0v) is 14.5. The van der Waals surface area contributed by atoms with Crippen LogP contribution in [0.1, 0.15) is 25.3 Å². The summed E-state index contributed by atoms with van der Waals surface area (Å²) in [5.41, 5.74) is 1.82. The van der Waals surface area contributed by atoms with Gasteiger partial charge in [0, 0.05) is 12.2 Å². The lowest BCUT2D eigenvalue weighted by Crippen LogP contribution is -2.45. The Kier molecular flexibility index (Phi) is 8.49. The summed E-state index contributed by atoms with van der Waals surface area (Å²) >= 11 is 0. The quantitative estimate of drug-likeness (QED) is 0.628. The Morgan fingerprint density at radius 2 is 1.67 bits per heavy atom. The Bertz CT molecular complexity index is 557. The van der Waals surface area contributed by atoms with Gasteiger partial charge in [0.25, 0.3) is 0 Å². The molecule has 24 heavy (non-hydrogen) atoms. The average Bonchev–Trinajstić information content (AvgIpc) is 2.49. The second-order valence-corrected chi connectivity index (χ2v) is 5.74. The summed E-state index contributed by atoms with van der Waals surface area (Å²) in [6, 6.07) is 6.95. The van der Waals surface area contributed by atoms with Crippen molar-refractivity contribution in [2.45, 2.75) is 26.7 Å². The third-order valence-electron chi connectivity index (χ3n) is 3.23. The molecule has 0 fully saturated rings. The summed E-state index contributed by atoms with van der Waals surface area (Å²) in [6.07, 6.45) is 1.83. The van der Waals surface area contributed by atoms with Crippen molar-refractivity contribution >= 4 is 23.5 Å². The van der Waals surface area contributed by atoms with E-state index in [1.165, 1.54) is 4.90 Å². The summed E-state index contributed by atoms with van der Waals surface area (Å²) in [4.78, 5) is 36.7. The normalized spacial score (nSPS) is 10.3. The van der Waals surface area contributed by atoms with Gasteiger partial charge in [0.1, 0.15) is 0 Å². The number of imide groups is 1. The van der Waals surface area contributed by atoms with Crippen LogP contribution in [-0.4, -0.2) is 49.4 Å². The first-order valence-corrected chi connectivity index (χ1v) is 8.03. The fraction of sp³-hybridized carbons (Fsp3) is 0.471. The van der Waals surface area contributed by atoms with Crippen molar-refractivity contribution in [3.8, 4) is 0 Å². The number of benzene rings is 1. The molecule has 0 aliphatic carbocycles. The van der Waals surface area contributed by atoms with Crippen LogP contribution in [0.25, 0.3) is 0 Å². The van der Waals surface area contributed by atoms with E-state index in [9.17, 15) is 14.4 Å². The highest BCUT2D eigenvalue weighted by atomic mass is 16.2. The Morgan fingerprint density at radius 3 is 2.29 bits per heavy atom. The van der Waals surface area contributed by atoms with Crippen molar-refractivity contribution in [2.24, 2.45) is 0 Å². The van der Waals surface area contributed by atoms with Gasteiger partial charge in [-0.15, -0.1) is 0 Å². The number of unbranched alkanes of at least 4 members (excludes halogenated alkanes) is 1. The smallest absolute Gasteiger partial charge is 0.321 e. The lowest BCUT2D eigenvalue weighted by atomic mass is 10.2. The summed E-state index contributed by atoms with van der Waals surface area (Å²) < 4.78 is 0. The minimum absolute atomic E-state index is 0.0392. The number of nitrogens with zero attached hydrogens (tertiary/aromatic N) is 1. The fourth-order valence-corrected chi connectivity index (χ4v) is 1.97.